The van der Waals surface area contributed by atoms with E-state index in [1.807, 2.05) is 42.5 Å². The molecule has 0 bridgehead atoms. The van der Waals surface area contributed by atoms with Gasteiger partial charge >= 0.3 is 5.97 Å². The molecule has 29 heavy (non-hydrogen) atoms. The summed E-state index contributed by atoms with van der Waals surface area (Å²) in [4.78, 5) is 16.9. The van der Waals surface area contributed by atoms with Crippen molar-refractivity contribution in [1.29, 1.82) is 0 Å². The summed E-state index contributed by atoms with van der Waals surface area (Å²) in [6.07, 6.45) is 1.63. The maximum atomic E-state index is 12.4. The highest BCUT2D eigenvalue weighted by atomic mass is 16.6. The van der Waals surface area contributed by atoms with Gasteiger partial charge in [-0.05, 0) is 40.6 Å². The van der Waals surface area contributed by atoms with Crippen molar-refractivity contribution >= 4 is 28.7 Å². The molecule has 0 aromatic heterocycles. The average molecular weight is 389 g/mol. The molecule has 0 radical (unpaired) electrons. The predicted octanol–water partition coefficient (Wildman–Crippen LogP) is 4.21. The Morgan fingerprint density at radius 2 is 1.59 bits per heavy atom. The summed E-state index contributed by atoms with van der Waals surface area (Å²) < 4.78 is 21.5. The zero-order valence-electron chi connectivity index (χ0n) is 16.3. The van der Waals surface area contributed by atoms with Crippen molar-refractivity contribution in [3.63, 3.8) is 0 Å². The molecule has 0 amide bonds. The highest BCUT2D eigenvalue weighted by Crippen LogP contribution is 2.39. The third-order valence-corrected chi connectivity index (χ3v) is 4.63. The first-order valence-corrected chi connectivity index (χ1v) is 8.95. The number of methoxy groups -OCH3 is 3. The topological polar surface area (TPSA) is 66.4 Å². The molecule has 0 saturated heterocycles. The lowest BCUT2D eigenvalue weighted by Crippen LogP contribution is -2.05. The Balaban J connectivity index is 1.77. The van der Waals surface area contributed by atoms with Gasteiger partial charge in [0, 0.05) is 5.56 Å². The number of nitrogens with zero attached hydrogens (tertiary/aromatic N) is 1. The number of benzene rings is 3. The summed E-state index contributed by atoms with van der Waals surface area (Å²) in [5, 5.41) is 2.02. The minimum absolute atomic E-state index is 0.196. The molecular weight excluding hydrogens is 370 g/mol. The van der Waals surface area contributed by atoms with Gasteiger partial charge in [-0.3, -0.25) is 0 Å². The molecule has 0 saturated carbocycles. The summed E-state index contributed by atoms with van der Waals surface area (Å²) >= 11 is 0. The van der Waals surface area contributed by atoms with E-state index in [4.69, 9.17) is 18.9 Å². The lowest BCUT2D eigenvalue weighted by atomic mass is 10.0. The molecule has 6 heteroatoms. The monoisotopic (exact) mass is 389 g/mol. The summed E-state index contributed by atoms with van der Waals surface area (Å²) in [6, 6.07) is 17.2. The molecule has 0 aliphatic carbocycles. The van der Waals surface area contributed by atoms with Gasteiger partial charge in [-0.25, -0.2) is 9.79 Å². The van der Waals surface area contributed by atoms with Gasteiger partial charge < -0.3 is 18.9 Å². The number of rotatable bonds is 5. The number of fused-ring (bicyclic) bond motifs is 1. The molecule has 3 aromatic rings. The second kappa shape index (κ2) is 7.67. The zero-order chi connectivity index (χ0) is 20.4. The molecule has 0 atom stereocenters. The van der Waals surface area contributed by atoms with Crippen molar-refractivity contribution < 1.29 is 23.7 Å². The Morgan fingerprint density at radius 3 is 2.28 bits per heavy atom. The molecular formula is C23H19NO5. The molecule has 0 fully saturated rings. The maximum absolute atomic E-state index is 12.4. The van der Waals surface area contributed by atoms with Crippen LogP contribution in [0.5, 0.6) is 17.2 Å². The molecule has 0 spiro atoms. The van der Waals surface area contributed by atoms with E-state index >= 15 is 0 Å². The van der Waals surface area contributed by atoms with Crippen LogP contribution >= 0.6 is 0 Å². The molecule has 1 aliphatic heterocycles. The van der Waals surface area contributed by atoms with Crippen LogP contribution in [0.25, 0.3) is 16.8 Å². The molecule has 1 aliphatic rings. The second-order valence-corrected chi connectivity index (χ2v) is 6.32. The number of ether oxygens (including phenoxy) is 4. The van der Waals surface area contributed by atoms with Crippen LogP contribution in [0.4, 0.5) is 0 Å². The number of aliphatic imine (C=N–C) groups is 1. The molecule has 3 aromatic carbocycles. The van der Waals surface area contributed by atoms with E-state index < -0.39 is 5.97 Å². The van der Waals surface area contributed by atoms with E-state index in [1.165, 1.54) is 21.3 Å². The third-order valence-electron chi connectivity index (χ3n) is 4.63. The van der Waals surface area contributed by atoms with Crippen LogP contribution in [-0.2, 0) is 9.53 Å². The lowest BCUT2D eigenvalue weighted by molar-refractivity contribution is -0.129. The van der Waals surface area contributed by atoms with Crippen molar-refractivity contribution in [2.24, 2.45) is 4.99 Å². The van der Waals surface area contributed by atoms with Crippen molar-refractivity contribution in [3.8, 4) is 17.2 Å². The Morgan fingerprint density at radius 1 is 0.897 bits per heavy atom. The molecule has 0 unspecified atom stereocenters. The number of esters is 1. The van der Waals surface area contributed by atoms with E-state index in [-0.39, 0.29) is 11.6 Å². The standard InChI is InChI=1S/C23H19NO5/c1-26-19-12-14(13-20(27-2)21(19)28-3)11-18-23(25)29-22(24-18)17-10-6-8-15-7-4-5-9-16(15)17/h4-13H,1-3H3. The summed E-state index contributed by atoms with van der Waals surface area (Å²) in [5.74, 6) is 1.23. The summed E-state index contributed by atoms with van der Waals surface area (Å²) in [5.41, 5.74) is 1.64. The van der Waals surface area contributed by atoms with Gasteiger partial charge in [-0.2, -0.15) is 0 Å². The van der Waals surface area contributed by atoms with E-state index in [1.54, 1.807) is 18.2 Å². The van der Waals surface area contributed by atoms with Crippen LogP contribution in [0.15, 0.2) is 65.3 Å². The van der Waals surface area contributed by atoms with Crippen LogP contribution in [0.2, 0.25) is 0 Å². The number of cyclic esters (lactones) is 1. The summed E-state index contributed by atoms with van der Waals surface area (Å²) in [7, 11) is 4.61. The SMILES string of the molecule is COc1cc(C=C2N=C(c3cccc4ccccc34)OC2=O)cc(OC)c1OC. The normalized spacial score (nSPS) is 14.7. The fraction of sp³-hybridized carbons (Fsp3) is 0.130. The summed E-state index contributed by atoms with van der Waals surface area (Å²) in [6.45, 7) is 0. The minimum atomic E-state index is -0.512. The lowest BCUT2D eigenvalue weighted by Gasteiger charge is -2.12. The van der Waals surface area contributed by atoms with Gasteiger partial charge in [0.2, 0.25) is 11.6 Å². The Labute approximate surface area is 168 Å². The predicted molar refractivity (Wildman–Crippen MR) is 111 cm³/mol. The first kappa shape index (κ1) is 18.6. The van der Waals surface area contributed by atoms with Gasteiger partial charge in [-0.15, -0.1) is 0 Å². The Kier molecular flexibility index (Phi) is 4.91. The Bertz CT molecular complexity index is 1130. The molecule has 4 rings (SSSR count). The third kappa shape index (κ3) is 3.40. The molecule has 146 valence electrons. The first-order valence-electron chi connectivity index (χ1n) is 8.95. The second-order valence-electron chi connectivity index (χ2n) is 6.32. The van der Waals surface area contributed by atoms with Crippen molar-refractivity contribution in [2.45, 2.75) is 0 Å². The highest BCUT2D eigenvalue weighted by molar-refractivity contribution is 6.17. The van der Waals surface area contributed by atoms with Crippen LogP contribution in [0.3, 0.4) is 0 Å². The van der Waals surface area contributed by atoms with Crippen LogP contribution in [0.1, 0.15) is 11.1 Å². The minimum Gasteiger partial charge on any atom is -0.493 e. The fourth-order valence-electron chi connectivity index (χ4n) is 3.28. The maximum Gasteiger partial charge on any atom is 0.363 e. The Hall–Kier alpha value is -3.80. The van der Waals surface area contributed by atoms with Gasteiger partial charge in [0.15, 0.2) is 17.2 Å². The van der Waals surface area contributed by atoms with E-state index in [2.05, 4.69) is 4.99 Å². The number of hydrogen-bond acceptors (Lipinski definition) is 6. The van der Waals surface area contributed by atoms with Crippen molar-refractivity contribution in [1.82, 2.24) is 0 Å². The zero-order valence-corrected chi connectivity index (χ0v) is 16.3. The quantitative estimate of drug-likeness (QED) is 0.483. The number of carbonyl (C=O) groups excluding carboxylic acids is 1. The van der Waals surface area contributed by atoms with Gasteiger partial charge in [0.1, 0.15) is 0 Å². The van der Waals surface area contributed by atoms with Crippen molar-refractivity contribution in [2.75, 3.05) is 21.3 Å². The van der Waals surface area contributed by atoms with Crippen LogP contribution in [-0.4, -0.2) is 33.2 Å². The van der Waals surface area contributed by atoms with Gasteiger partial charge in [0.05, 0.1) is 21.3 Å². The average Bonchev–Trinajstić information content (AvgIpc) is 3.12. The molecule has 6 nitrogen and oxygen atoms in total. The fourth-order valence-corrected chi connectivity index (χ4v) is 3.28. The van der Waals surface area contributed by atoms with E-state index in [0.29, 0.717) is 22.8 Å². The largest absolute Gasteiger partial charge is 0.493 e. The number of carbonyl (C=O) groups is 1. The van der Waals surface area contributed by atoms with E-state index in [0.717, 1.165) is 16.3 Å². The van der Waals surface area contributed by atoms with Crippen LogP contribution < -0.4 is 14.2 Å². The number of hydrogen-bond donors (Lipinski definition) is 0. The smallest absolute Gasteiger partial charge is 0.363 e. The van der Waals surface area contributed by atoms with Crippen LogP contribution in [0, 0.1) is 0 Å². The van der Waals surface area contributed by atoms with Crippen molar-refractivity contribution in [3.05, 3.63) is 71.4 Å². The van der Waals surface area contributed by atoms with E-state index in [9.17, 15) is 4.79 Å². The highest BCUT2D eigenvalue weighted by Gasteiger charge is 2.25. The van der Waals surface area contributed by atoms with Gasteiger partial charge in [-0.1, -0.05) is 36.4 Å². The first-order chi connectivity index (χ1) is 14.1. The molecule has 1 heterocycles. The van der Waals surface area contributed by atoms with Gasteiger partial charge in [0.25, 0.3) is 0 Å². The molecule has 0 N–H and O–H groups in total.